The lowest BCUT2D eigenvalue weighted by Gasteiger charge is -2.29. The van der Waals surface area contributed by atoms with E-state index >= 15 is 0 Å². The Morgan fingerprint density at radius 3 is 2.55 bits per heavy atom. The molecule has 0 radical (unpaired) electrons. The molecule has 0 atom stereocenters. The molecule has 0 unspecified atom stereocenters. The number of urea groups is 1. The molecular formula is C23H25ClN4O3. The van der Waals surface area contributed by atoms with E-state index in [-0.39, 0.29) is 11.4 Å². The highest BCUT2D eigenvalue weighted by atomic mass is 35.5. The molecule has 8 heteroatoms. The highest BCUT2D eigenvalue weighted by molar-refractivity contribution is 6.34. The van der Waals surface area contributed by atoms with Crippen LogP contribution in [0.3, 0.4) is 0 Å². The molecular weight excluding hydrogens is 416 g/mol. The molecule has 3 aromatic rings. The van der Waals surface area contributed by atoms with Gasteiger partial charge < -0.3 is 14.8 Å². The maximum atomic E-state index is 13.4. The maximum Gasteiger partial charge on any atom is 0.327 e. The van der Waals surface area contributed by atoms with Crippen LogP contribution in [0.1, 0.15) is 32.0 Å². The van der Waals surface area contributed by atoms with Crippen LogP contribution < -0.4 is 19.7 Å². The molecule has 1 aromatic heterocycles. The summed E-state index contributed by atoms with van der Waals surface area (Å²) in [4.78, 5) is 15.0. The van der Waals surface area contributed by atoms with E-state index in [4.69, 9.17) is 26.2 Å². The predicted octanol–water partition coefficient (Wildman–Crippen LogP) is 5.39. The molecule has 0 fully saturated rings. The van der Waals surface area contributed by atoms with Crippen LogP contribution in [0.5, 0.6) is 11.5 Å². The van der Waals surface area contributed by atoms with E-state index in [1.54, 1.807) is 17.0 Å². The van der Waals surface area contributed by atoms with Crippen LogP contribution in [0.2, 0.25) is 5.02 Å². The number of ether oxygens (including phenoxy) is 2. The molecule has 7 nitrogen and oxygen atoms in total. The monoisotopic (exact) mass is 440 g/mol. The van der Waals surface area contributed by atoms with Crippen molar-refractivity contribution in [2.24, 2.45) is 0 Å². The highest BCUT2D eigenvalue weighted by Crippen LogP contribution is 2.40. The summed E-state index contributed by atoms with van der Waals surface area (Å²) in [5, 5.41) is 8.03. The zero-order chi connectivity index (χ0) is 22.3. The van der Waals surface area contributed by atoms with Crippen LogP contribution in [0.15, 0.2) is 42.5 Å². The second-order valence-corrected chi connectivity index (χ2v) is 8.74. The standard InChI is InChI=1S/C23H25ClN4O3/c1-23(2,3)18-12-19-27(13-14-8-6-7-9-16(14)28(19)26-18)22(29)25-15-10-11-17(30-4)20(24)21(15)31-5/h6-12H,13H2,1-5H3,(H,25,29). The number of carbonyl (C=O) groups is 1. The van der Waals surface area contributed by atoms with Gasteiger partial charge in [0.25, 0.3) is 0 Å². The number of rotatable bonds is 3. The minimum absolute atomic E-state index is 0.159. The normalized spacial score (nSPS) is 12.8. The largest absolute Gasteiger partial charge is 0.495 e. The van der Waals surface area contributed by atoms with Gasteiger partial charge >= 0.3 is 6.03 Å². The number of amides is 2. The molecule has 4 rings (SSSR count). The number of para-hydroxylation sites is 1. The van der Waals surface area contributed by atoms with E-state index in [1.807, 2.05) is 35.0 Å². The van der Waals surface area contributed by atoms with Gasteiger partial charge in [0, 0.05) is 11.5 Å². The minimum Gasteiger partial charge on any atom is -0.495 e. The van der Waals surface area contributed by atoms with Crippen molar-refractivity contribution in [3.8, 4) is 17.2 Å². The van der Waals surface area contributed by atoms with Gasteiger partial charge in [0.05, 0.1) is 37.8 Å². The third-order valence-corrected chi connectivity index (χ3v) is 5.61. The van der Waals surface area contributed by atoms with Crippen LogP contribution >= 0.6 is 11.6 Å². The number of anilines is 2. The second-order valence-electron chi connectivity index (χ2n) is 8.36. The lowest BCUT2D eigenvalue weighted by Crippen LogP contribution is -2.38. The van der Waals surface area contributed by atoms with Gasteiger partial charge in [-0.25, -0.2) is 9.48 Å². The van der Waals surface area contributed by atoms with Crippen LogP contribution in [0.25, 0.3) is 5.69 Å². The first-order valence-electron chi connectivity index (χ1n) is 9.92. The number of nitrogens with zero attached hydrogens (tertiary/aromatic N) is 3. The first-order chi connectivity index (χ1) is 14.7. The van der Waals surface area contributed by atoms with Crippen molar-refractivity contribution in [3.05, 3.63) is 58.7 Å². The number of nitrogens with one attached hydrogen (secondary N) is 1. The van der Waals surface area contributed by atoms with E-state index in [0.717, 1.165) is 16.9 Å². The van der Waals surface area contributed by atoms with Crippen molar-refractivity contribution in [1.82, 2.24) is 9.78 Å². The number of methoxy groups -OCH3 is 2. The lowest BCUT2D eigenvalue weighted by molar-refractivity contribution is 0.256. The number of benzene rings is 2. The number of hydrogen-bond donors (Lipinski definition) is 1. The summed E-state index contributed by atoms with van der Waals surface area (Å²) in [5.41, 5.74) is 3.19. The Labute approximate surface area is 186 Å². The Morgan fingerprint density at radius 1 is 1.13 bits per heavy atom. The van der Waals surface area contributed by atoms with E-state index in [9.17, 15) is 4.79 Å². The van der Waals surface area contributed by atoms with E-state index in [1.165, 1.54) is 14.2 Å². The number of carbonyl (C=O) groups excluding carboxylic acids is 1. The number of aromatic nitrogens is 2. The fraction of sp³-hybridized carbons (Fsp3) is 0.304. The molecule has 1 aliphatic heterocycles. The molecule has 162 valence electrons. The Balaban J connectivity index is 1.74. The zero-order valence-corrected chi connectivity index (χ0v) is 18.9. The quantitative estimate of drug-likeness (QED) is 0.592. The van der Waals surface area contributed by atoms with Gasteiger partial charge in [-0.1, -0.05) is 50.6 Å². The van der Waals surface area contributed by atoms with Crippen molar-refractivity contribution in [1.29, 1.82) is 0 Å². The topological polar surface area (TPSA) is 68.6 Å². The number of fused-ring (bicyclic) bond motifs is 3. The van der Waals surface area contributed by atoms with Crippen molar-refractivity contribution in [2.75, 3.05) is 24.4 Å². The van der Waals surface area contributed by atoms with Crippen LogP contribution in [-0.2, 0) is 12.0 Å². The number of halogens is 1. The summed E-state index contributed by atoms with van der Waals surface area (Å²) >= 11 is 6.36. The van der Waals surface area contributed by atoms with Gasteiger partial charge in [-0.15, -0.1) is 0 Å². The summed E-state index contributed by atoms with van der Waals surface area (Å²) in [6, 6.07) is 13.0. The molecule has 0 saturated carbocycles. The van der Waals surface area contributed by atoms with Crippen LogP contribution in [-0.4, -0.2) is 30.0 Å². The summed E-state index contributed by atoms with van der Waals surface area (Å²) in [6.07, 6.45) is 0. The summed E-state index contributed by atoms with van der Waals surface area (Å²) in [6.45, 7) is 6.72. The summed E-state index contributed by atoms with van der Waals surface area (Å²) < 4.78 is 12.5. The van der Waals surface area contributed by atoms with Crippen LogP contribution in [0, 0.1) is 0 Å². The highest BCUT2D eigenvalue weighted by Gasteiger charge is 2.31. The van der Waals surface area contributed by atoms with Crippen molar-refractivity contribution in [2.45, 2.75) is 32.7 Å². The van der Waals surface area contributed by atoms with Gasteiger partial charge in [0.15, 0.2) is 5.75 Å². The van der Waals surface area contributed by atoms with Gasteiger partial charge in [-0.05, 0) is 23.8 Å². The molecule has 2 heterocycles. The summed E-state index contributed by atoms with van der Waals surface area (Å²) in [7, 11) is 3.02. The van der Waals surface area contributed by atoms with Gasteiger partial charge in [-0.3, -0.25) is 4.90 Å². The Morgan fingerprint density at radius 2 is 1.87 bits per heavy atom. The molecule has 0 spiro atoms. The fourth-order valence-electron chi connectivity index (χ4n) is 3.56. The Hall–Kier alpha value is -3.19. The van der Waals surface area contributed by atoms with Gasteiger partial charge in [-0.2, -0.15) is 5.10 Å². The zero-order valence-electron chi connectivity index (χ0n) is 18.2. The average Bonchev–Trinajstić information content (AvgIpc) is 3.20. The van der Waals surface area contributed by atoms with Crippen LogP contribution in [0.4, 0.5) is 16.3 Å². The average molecular weight is 441 g/mol. The van der Waals surface area contributed by atoms with Gasteiger partial charge in [0.2, 0.25) is 0 Å². The predicted molar refractivity (Wildman–Crippen MR) is 122 cm³/mol. The first-order valence-corrected chi connectivity index (χ1v) is 10.3. The van der Waals surface area contributed by atoms with E-state index < -0.39 is 0 Å². The lowest BCUT2D eigenvalue weighted by atomic mass is 9.92. The van der Waals surface area contributed by atoms with Crippen molar-refractivity contribution in [3.63, 3.8) is 0 Å². The first kappa shape index (κ1) is 21.1. The molecule has 0 aliphatic carbocycles. The fourth-order valence-corrected chi connectivity index (χ4v) is 3.88. The molecule has 2 aromatic carbocycles. The SMILES string of the molecule is COc1ccc(NC(=O)N2Cc3ccccc3-n3nc(C(C)(C)C)cc32)c(OC)c1Cl. The van der Waals surface area contributed by atoms with E-state index in [2.05, 4.69) is 26.1 Å². The molecule has 0 saturated heterocycles. The number of hydrogen-bond acceptors (Lipinski definition) is 4. The van der Waals surface area contributed by atoms with Crippen molar-refractivity contribution >= 4 is 29.1 Å². The van der Waals surface area contributed by atoms with Crippen molar-refractivity contribution < 1.29 is 14.3 Å². The maximum absolute atomic E-state index is 13.4. The Kier molecular flexibility index (Phi) is 5.31. The third kappa shape index (κ3) is 3.70. The third-order valence-electron chi connectivity index (χ3n) is 5.26. The molecule has 0 bridgehead atoms. The molecule has 1 aliphatic rings. The molecule has 31 heavy (non-hydrogen) atoms. The van der Waals surface area contributed by atoms with E-state index in [0.29, 0.717) is 34.6 Å². The smallest absolute Gasteiger partial charge is 0.327 e. The minimum atomic E-state index is -0.310. The molecule has 2 amide bonds. The molecule has 1 N–H and O–H groups in total. The second kappa shape index (κ2) is 7.81. The Bertz CT molecular complexity index is 1150. The summed E-state index contributed by atoms with van der Waals surface area (Å²) in [5.74, 6) is 1.52. The van der Waals surface area contributed by atoms with Gasteiger partial charge in [0.1, 0.15) is 16.6 Å².